The molecule has 3 heteroatoms. The number of aryl methyl sites for hydroxylation is 1. The molecule has 11 aromatic carbocycles. The Kier molecular flexibility index (Phi) is 8.40. The van der Waals surface area contributed by atoms with Gasteiger partial charge >= 0.3 is 0 Å². The number of rotatable bonds is 5. The van der Waals surface area contributed by atoms with Crippen molar-refractivity contribution in [3.05, 3.63) is 234 Å². The largest absolute Gasteiger partial charge is 0.455 e. The molecule has 72 heavy (non-hydrogen) atoms. The number of anilines is 3. The minimum atomic E-state index is -0.319. The Labute approximate surface area is 418 Å². The van der Waals surface area contributed by atoms with E-state index in [1.165, 1.54) is 82.4 Å². The van der Waals surface area contributed by atoms with Crippen LogP contribution in [-0.4, -0.2) is 0 Å². The van der Waals surface area contributed by atoms with Crippen molar-refractivity contribution in [2.45, 2.75) is 45.4 Å². The van der Waals surface area contributed by atoms with Crippen molar-refractivity contribution in [3.8, 4) is 44.5 Å². The van der Waals surface area contributed by atoms with Crippen molar-refractivity contribution in [2.75, 3.05) is 4.90 Å². The Morgan fingerprint density at radius 1 is 0.347 bits per heavy atom. The molecule has 0 saturated heterocycles. The van der Waals surface area contributed by atoms with Crippen LogP contribution in [-0.2, 0) is 10.8 Å². The maximum Gasteiger partial charge on any atom is 0.143 e. The standard InChI is InChI=1S/C69H49NO2/c1-40-22-28-47(29-23-40)70(48-30-32-50-56(36-48)68(2,3)58-38-54(45-26-24-41-14-6-8-16-43(41)34-45)66-64(62(50)58)52-18-10-12-20-60(52)71-66)49-31-33-51-57(37-49)69(4,5)59-39-55(46-27-25-42-15-7-9-17-44(42)35-46)67-65(63(51)59)53-19-11-13-21-61(53)72-67/h6-39H,1-5H3. The van der Waals surface area contributed by atoms with E-state index in [0.29, 0.717) is 0 Å². The number of para-hydroxylation sites is 2. The number of nitrogens with zero attached hydrogens (tertiary/aromatic N) is 1. The second-order valence-electron chi connectivity index (χ2n) is 21.3. The lowest BCUT2D eigenvalue weighted by atomic mass is 9.80. The summed E-state index contributed by atoms with van der Waals surface area (Å²) in [6.07, 6.45) is 0. The zero-order valence-corrected chi connectivity index (χ0v) is 40.9. The molecule has 0 saturated carbocycles. The van der Waals surface area contributed by atoms with Crippen molar-refractivity contribution in [2.24, 2.45) is 0 Å². The second-order valence-corrected chi connectivity index (χ2v) is 21.3. The van der Waals surface area contributed by atoms with Crippen LogP contribution >= 0.6 is 0 Å². The van der Waals surface area contributed by atoms with Crippen molar-refractivity contribution in [1.29, 1.82) is 0 Å². The fourth-order valence-corrected chi connectivity index (χ4v) is 12.7. The number of hydrogen-bond donors (Lipinski definition) is 0. The fraction of sp³-hybridized carbons (Fsp3) is 0.101. The van der Waals surface area contributed by atoms with Crippen LogP contribution in [0.5, 0.6) is 0 Å². The molecule has 0 bridgehead atoms. The van der Waals surface area contributed by atoms with Gasteiger partial charge in [-0.25, -0.2) is 0 Å². The Bertz CT molecular complexity index is 4200. The molecule has 0 aliphatic heterocycles. The molecule has 3 nitrogen and oxygen atoms in total. The summed E-state index contributed by atoms with van der Waals surface area (Å²) in [6.45, 7) is 11.8. The first-order chi connectivity index (χ1) is 35.1. The molecule has 2 aromatic heterocycles. The molecule has 0 atom stereocenters. The number of furan rings is 2. The number of fused-ring (bicyclic) bond motifs is 16. The summed E-state index contributed by atoms with van der Waals surface area (Å²) < 4.78 is 13.8. The predicted octanol–water partition coefficient (Wildman–Crippen LogP) is 19.5. The summed E-state index contributed by atoms with van der Waals surface area (Å²) in [4.78, 5) is 2.46. The van der Waals surface area contributed by atoms with E-state index in [2.05, 4.69) is 246 Å². The van der Waals surface area contributed by atoms with Gasteiger partial charge in [0.25, 0.3) is 0 Å². The van der Waals surface area contributed by atoms with Crippen LogP contribution in [0.3, 0.4) is 0 Å². The molecule has 2 aliphatic carbocycles. The number of benzene rings is 11. The molecule has 0 radical (unpaired) electrons. The van der Waals surface area contributed by atoms with Gasteiger partial charge in [0.2, 0.25) is 0 Å². The van der Waals surface area contributed by atoms with Gasteiger partial charge in [0.05, 0.1) is 0 Å². The minimum absolute atomic E-state index is 0.319. The van der Waals surface area contributed by atoms with Crippen LogP contribution in [0.2, 0.25) is 0 Å². The first-order valence-corrected chi connectivity index (χ1v) is 25.2. The molecule has 0 unspecified atom stereocenters. The van der Waals surface area contributed by atoms with Gasteiger partial charge in [-0.15, -0.1) is 0 Å². The summed E-state index contributed by atoms with van der Waals surface area (Å²) in [6, 6.07) is 76.1. The third-order valence-electron chi connectivity index (χ3n) is 16.5. The Hall–Kier alpha value is -8.66. The molecule has 342 valence electrons. The van der Waals surface area contributed by atoms with E-state index in [0.717, 1.165) is 72.4 Å². The molecule has 2 aliphatic rings. The Morgan fingerprint density at radius 3 is 1.24 bits per heavy atom. The van der Waals surface area contributed by atoms with Gasteiger partial charge in [-0.2, -0.15) is 0 Å². The van der Waals surface area contributed by atoms with Crippen LogP contribution < -0.4 is 4.90 Å². The predicted molar refractivity (Wildman–Crippen MR) is 301 cm³/mol. The second kappa shape index (κ2) is 14.7. The highest BCUT2D eigenvalue weighted by atomic mass is 16.3. The summed E-state index contributed by atoms with van der Waals surface area (Å²) in [7, 11) is 0. The van der Waals surface area contributed by atoms with Crippen molar-refractivity contribution >= 4 is 82.5 Å². The summed E-state index contributed by atoms with van der Waals surface area (Å²) in [5, 5.41) is 9.56. The van der Waals surface area contributed by atoms with E-state index in [1.807, 2.05) is 0 Å². The molecule has 0 N–H and O–H groups in total. The quantitative estimate of drug-likeness (QED) is 0.172. The Balaban J connectivity index is 0.912. The molecular weight excluding hydrogens is 875 g/mol. The summed E-state index contributed by atoms with van der Waals surface area (Å²) >= 11 is 0. The first-order valence-electron chi connectivity index (χ1n) is 25.2. The molecular formula is C69H49NO2. The van der Waals surface area contributed by atoms with Crippen LogP contribution in [0.4, 0.5) is 17.1 Å². The van der Waals surface area contributed by atoms with E-state index in [1.54, 1.807) is 0 Å². The molecule has 0 fully saturated rings. The normalized spacial score (nSPS) is 14.1. The van der Waals surface area contributed by atoms with Crippen LogP contribution in [0.1, 0.15) is 55.5 Å². The lowest BCUT2D eigenvalue weighted by molar-refractivity contribution is 0.657. The average Bonchev–Trinajstić information content (AvgIpc) is 4.11. The van der Waals surface area contributed by atoms with Gasteiger partial charge in [0.15, 0.2) is 0 Å². The van der Waals surface area contributed by atoms with Gasteiger partial charge in [-0.1, -0.05) is 167 Å². The monoisotopic (exact) mass is 923 g/mol. The Morgan fingerprint density at radius 2 is 0.764 bits per heavy atom. The van der Waals surface area contributed by atoms with Crippen molar-refractivity contribution < 1.29 is 8.83 Å². The first kappa shape index (κ1) is 41.2. The zero-order valence-electron chi connectivity index (χ0n) is 40.9. The van der Waals surface area contributed by atoms with E-state index < -0.39 is 0 Å². The lowest BCUT2D eigenvalue weighted by Crippen LogP contribution is -2.18. The smallest absolute Gasteiger partial charge is 0.143 e. The maximum absolute atomic E-state index is 6.89. The number of hydrogen-bond acceptors (Lipinski definition) is 3. The van der Waals surface area contributed by atoms with Crippen molar-refractivity contribution in [3.63, 3.8) is 0 Å². The summed E-state index contributed by atoms with van der Waals surface area (Å²) in [5.74, 6) is 0. The average molecular weight is 924 g/mol. The van der Waals surface area contributed by atoms with E-state index >= 15 is 0 Å². The van der Waals surface area contributed by atoms with Gasteiger partial charge in [0, 0.05) is 60.6 Å². The van der Waals surface area contributed by atoms with E-state index in [-0.39, 0.29) is 10.8 Å². The van der Waals surface area contributed by atoms with Gasteiger partial charge in [0.1, 0.15) is 22.3 Å². The molecule has 2 heterocycles. The maximum atomic E-state index is 6.89. The highest BCUT2D eigenvalue weighted by molar-refractivity contribution is 6.20. The molecule has 13 aromatic rings. The molecule has 0 spiro atoms. The third-order valence-corrected chi connectivity index (χ3v) is 16.5. The zero-order chi connectivity index (χ0) is 48.2. The van der Waals surface area contributed by atoms with Crippen LogP contribution in [0, 0.1) is 6.92 Å². The SMILES string of the molecule is Cc1ccc(N(c2ccc3c(c2)C(C)(C)c2cc(-c4ccc5ccccc5c4)c4oc5ccccc5c4c2-3)c2ccc3c(c2)C(C)(C)c2cc(-c4ccc5ccccc5c4)c4oc5ccccc5c4c2-3)cc1. The summed E-state index contributed by atoms with van der Waals surface area (Å²) in [5.41, 5.74) is 22.5. The fourth-order valence-electron chi connectivity index (χ4n) is 12.7. The lowest BCUT2D eigenvalue weighted by Gasteiger charge is -2.30. The van der Waals surface area contributed by atoms with Crippen LogP contribution in [0.15, 0.2) is 215 Å². The highest BCUT2D eigenvalue weighted by Crippen LogP contribution is 2.59. The van der Waals surface area contributed by atoms with E-state index in [4.69, 9.17) is 8.83 Å². The highest BCUT2D eigenvalue weighted by Gasteiger charge is 2.41. The van der Waals surface area contributed by atoms with Crippen LogP contribution in [0.25, 0.3) is 110 Å². The van der Waals surface area contributed by atoms with Gasteiger partial charge in [-0.3, -0.25) is 0 Å². The molecule has 15 rings (SSSR count). The van der Waals surface area contributed by atoms with Crippen molar-refractivity contribution in [1.82, 2.24) is 0 Å². The topological polar surface area (TPSA) is 29.5 Å². The molecule has 0 amide bonds. The third kappa shape index (κ3) is 5.73. The van der Waals surface area contributed by atoms with Gasteiger partial charge in [-0.05, 0) is 157 Å². The minimum Gasteiger partial charge on any atom is -0.455 e. The van der Waals surface area contributed by atoms with Gasteiger partial charge < -0.3 is 13.7 Å². The van der Waals surface area contributed by atoms with E-state index in [9.17, 15) is 0 Å².